The van der Waals surface area contributed by atoms with Gasteiger partial charge in [0.2, 0.25) is 5.91 Å². The first-order valence-electron chi connectivity index (χ1n) is 5.06. The van der Waals surface area contributed by atoms with Crippen molar-refractivity contribution in [2.24, 2.45) is 11.7 Å². The van der Waals surface area contributed by atoms with Crippen LogP contribution in [-0.2, 0) is 0 Å². The van der Waals surface area contributed by atoms with Crippen molar-refractivity contribution in [1.29, 1.82) is 0 Å². The monoisotopic (exact) mass is 294 g/mol. The van der Waals surface area contributed by atoms with E-state index in [-0.39, 0.29) is 68.1 Å². The number of nitrogens with two attached hydrogens (primary N) is 1. The Labute approximate surface area is 154 Å². The van der Waals surface area contributed by atoms with Crippen LogP contribution in [0.2, 0.25) is 0 Å². The van der Waals surface area contributed by atoms with E-state index in [1.165, 1.54) is 11.9 Å². The molecule has 0 aliphatic heterocycles. The Balaban J connectivity index is 0. The van der Waals surface area contributed by atoms with Gasteiger partial charge in [-0.1, -0.05) is 19.9 Å². The van der Waals surface area contributed by atoms with E-state index in [4.69, 9.17) is 11.5 Å². The van der Waals surface area contributed by atoms with Gasteiger partial charge in [-0.25, -0.2) is 0 Å². The molecular formula is C11H17KN3O2S-. The SMILES string of the molecule is CC(C)CNSc1ccc(C(N)=O)c([NH-])c1.[K+].[OH-]. The van der Waals surface area contributed by atoms with Crippen LogP contribution in [0, 0.1) is 5.92 Å². The van der Waals surface area contributed by atoms with E-state index in [1.807, 2.05) is 0 Å². The second kappa shape index (κ2) is 10.2. The number of hydrogen-bond donors (Lipinski definition) is 2. The topological polar surface area (TPSA) is 109 Å². The van der Waals surface area contributed by atoms with Crippen molar-refractivity contribution in [3.8, 4) is 0 Å². The predicted octanol–water partition coefficient (Wildman–Crippen LogP) is -0.451. The number of rotatable bonds is 5. The quantitative estimate of drug-likeness (QED) is 0.566. The molecule has 1 amide bonds. The van der Waals surface area contributed by atoms with E-state index in [2.05, 4.69) is 18.6 Å². The smallest absolute Gasteiger partial charge is 0.870 e. The molecule has 0 bridgehead atoms. The summed E-state index contributed by atoms with van der Waals surface area (Å²) < 4.78 is 3.19. The summed E-state index contributed by atoms with van der Waals surface area (Å²) in [6.07, 6.45) is 0. The molecule has 0 heterocycles. The van der Waals surface area contributed by atoms with Crippen LogP contribution in [0.4, 0.5) is 5.69 Å². The van der Waals surface area contributed by atoms with Crippen LogP contribution in [0.25, 0.3) is 5.73 Å². The Morgan fingerprint density at radius 1 is 1.50 bits per heavy atom. The van der Waals surface area contributed by atoms with Crippen molar-refractivity contribution in [3.63, 3.8) is 0 Å². The number of primary amides is 1. The van der Waals surface area contributed by atoms with Gasteiger partial charge in [0.05, 0.1) is 0 Å². The molecular weight excluding hydrogens is 277 g/mol. The Bertz CT molecular complexity index is 389. The molecule has 0 aromatic heterocycles. The van der Waals surface area contributed by atoms with E-state index in [0.717, 1.165) is 11.4 Å². The van der Waals surface area contributed by atoms with Crippen LogP contribution in [-0.4, -0.2) is 17.9 Å². The van der Waals surface area contributed by atoms with E-state index >= 15 is 0 Å². The van der Waals surface area contributed by atoms with E-state index < -0.39 is 5.91 Å². The number of carbonyl (C=O) groups excluding carboxylic acids is 1. The second-order valence-corrected chi connectivity index (χ2v) is 4.88. The van der Waals surface area contributed by atoms with Crippen molar-refractivity contribution < 1.29 is 61.7 Å². The number of nitrogens with one attached hydrogen (secondary N) is 2. The summed E-state index contributed by atoms with van der Waals surface area (Å²) in [5, 5.41) is 0. The van der Waals surface area contributed by atoms with Crippen molar-refractivity contribution in [2.75, 3.05) is 6.54 Å². The number of hydrogen-bond acceptors (Lipinski definition) is 4. The van der Waals surface area contributed by atoms with Crippen LogP contribution in [0.15, 0.2) is 23.1 Å². The Kier molecular flexibility index (Phi) is 11.8. The summed E-state index contributed by atoms with van der Waals surface area (Å²) in [5.74, 6) is 0.0181. The molecule has 5 N–H and O–H groups in total. The zero-order chi connectivity index (χ0) is 12.1. The normalized spacial score (nSPS) is 9.50. The predicted molar refractivity (Wildman–Crippen MR) is 69.6 cm³/mol. The largest absolute Gasteiger partial charge is 1.00 e. The molecule has 96 valence electrons. The number of amides is 1. The third-order valence-electron chi connectivity index (χ3n) is 1.94. The fraction of sp³-hybridized carbons (Fsp3) is 0.364. The zero-order valence-corrected chi connectivity index (χ0v) is 14.8. The molecule has 0 aliphatic rings. The molecule has 1 rings (SSSR count). The third-order valence-corrected chi connectivity index (χ3v) is 2.74. The molecule has 0 radical (unpaired) electrons. The molecule has 0 aliphatic carbocycles. The van der Waals surface area contributed by atoms with Gasteiger partial charge in [-0.2, -0.15) is 0 Å². The maximum absolute atomic E-state index is 10.9. The van der Waals surface area contributed by atoms with Gasteiger partial charge < -0.3 is 16.9 Å². The van der Waals surface area contributed by atoms with Crippen LogP contribution in [0.3, 0.4) is 0 Å². The van der Waals surface area contributed by atoms with Crippen molar-refractivity contribution in [3.05, 3.63) is 29.5 Å². The number of benzene rings is 1. The van der Waals surface area contributed by atoms with Gasteiger partial charge in [0.25, 0.3) is 0 Å². The van der Waals surface area contributed by atoms with Gasteiger partial charge in [0.1, 0.15) is 0 Å². The van der Waals surface area contributed by atoms with Crippen molar-refractivity contribution >= 4 is 23.5 Å². The molecule has 7 heteroatoms. The molecule has 0 unspecified atom stereocenters. The molecule has 0 saturated carbocycles. The van der Waals surface area contributed by atoms with Crippen molar-refractivity contribution in [1.82, 2.24) is 4.72 Å². The molecule has 5 nitrogen and oxygen atoms in total. The first kappa shape index (κ1) is 20.7. The van der Waals surface area contributed by atoms with Gasteiger partial charge in [-0.3, -0.25) is 9.52 Å². The van der Waals surface area contributed by atoms with Gasteiger partial charge in [0, 0.05) is 17.0 Å². The minimum Gasteiger partial charge on any atom is -0.870 e. The Morgan fingerprint density at radius 2 is 2.11 bits per heavy atom. The van der Waals surface area contributed by atoms with Crippen LogP contribution < -0.4 is 61.8 Å². The zero-order valence-electron chi connectivity index (χ0n) is 10.9. The Hall–Kier alpha value is 0.396. The molecule has 0 atom stereocenters. The summed E-state index contributed by atoms with van der Waals surface area (Å²) >= 11 is 1.46. The molecule has 0 spiro atoms. The average Bonchev–Trinajstić information content (AvgIpc) is 2.16. The minimum absolute atomic E-state index is 0. The third kappa shape index (κ3) is 7.10. The summed E-state index contributed by atoms with van der Waals surface area (Å²) in [5.41, 5.74) is 13.2. The average molecular weight is 294 g/mol. The maximum atomic E-state index is 10.9. The molecule has 1 aromatic rings. The van der Waals surface area contributed by atoms with Gasteiger partial charge in [-0.05, 0) is 30.0 Å². The first-order chi connectivity index (χ1) is 7.50. The van der Waals surface area contributed by atoms with Crippen molar-refractivity contribution in [2.45, 2.75) is 18.7 Å². The van der Waals surface area contributed by atoms with Crippen LogP contribution in [0.1, 0.15) is 24.2 Å². The second-order valence-electron chi connectivity index (χ2n) is 3.92. The summed E-state index contributed by atoms with van der Waals surface area (Å²) in [6, 6.07) is 5.01. The molecule has 1 aromatic carbocycles. The van der Waals surface area contributed by atoms with Crippen LogP contribution >= 0.6 is 11.9 Å². The maximum Gasteiger partial charge on any atom is 1.00 e. The van der Waals surface area contributed by atoms with Gasteiger partial charge >= 0.3 is 51.4 Å². The van der Waals surface area contributed by atoms with E-state index in [9.17, 15) is 4.79 Å². The van der Waals surface area contributed by atoms with Gasteiger partial charge in [-0.15, -0.1) is 5.69 Å². The van der Waals surface area contributed by atoms with Gasteiger partial charge in [0.15, 0.2) is 0 Å². The fourth-order valence-corrected chi connectivity index (χ4v) is 1.99. The summed E-state index contributed by atoms with van der Waals surface area (Å²) in [6.45, 7) is 5.15. The summed E-state index contributed by atoms with van der Waals surface area (Å²) in [4.78, 5) is 11.8. The van der Waals surface area contributed by atoms with E-state index in [0.29, 0.717) is 5.92 Å². The minimum atomic E-state index is -0.559. The Morgan fingerprint density at radius 3 is 2.56 bits per heavy atom. The fourth-order valence-electron chi connectivity index (χ4n) is 1.09. The molecule has 18 heavy (non-hydrogen) atoms. The number of carbonyl (C=O) groups is 1. The summed E-state index contributed by atoms with van der Waals surface area (Å²) in [7, 11) is 0. The van der Waals surface area contributed by atoms with Crippen LogP contribution in [0.5, 0.6) is 0 Å². The molecule has 0 saturated heterocycles. The first-order valence-corrected chi connectivity index (χ1v) is 5.87. The molecule has 0 fully saturated rings. The standard InChI is InChI=1S/C11H17N3OS.K.H2O/c1-7(2)6-14-16-8-3-4-9(11(13)15)10(12)5-8;;/h3-5,7,14H,6H2,1-2H3,(H4,12,13,15);;1H2/q;+1;/p-2. The van der Waals surface area contributed by atoms with E-state index in [1.54, 1.807) is 18.2 Å².